The molecule has 4 aromatic rings. The van der Waals surface area contributed by atoms with E-state index in [1.807, 2.05) is 18.2 Å². The molecule has 0 unspecified atom stereocenters. The van der Waals surface area contributed by atoms with Gasteiger partial charge in [-0.15, -0.1) is 0 Å². The number of fused-ring (bicyclic) bond motifs is 2. The maximum atomic E-state index is 12.8. The predicted octanol–water partition coefficient (Wildman–Crippen LogP) is 4.07. The first-order chi connectivity index (χ1) is 13.6. The minimum atomic E-state index is -0.303. The molecule has 0 atom stereocenters. The molecule has 3 heterocycles. The van der Waals surface area contributed by atoms with Crippen molar-refractivity contribution in [2.45, 2.75) is 6.54 Å². The van der Waals surface area contributed by atoms with Gasteiger partial charge < -0.3 is 4.98 Å². The van der Waals surface area contributed by atoms with E-state index in [4.69, 9.17) is 16.6 Å². The molecular weight excluding hydrogens is 376 g/mol. The number of imide groups is 1. The SMILES string of the molecule is O=C1c2ccccc2C(=O)N1Cc1cc2cccc(Cl)c2nc1-c1cnc[nH]1. The van der Waals surface area contributed by atoms with Crippen LogP contribution in [0.2, 0.25) is 5.02 Å². The van der Waals surface area contributed by atoms with Crippen LogP contribution in [0.25, 0.3) is 22.3 Å². The third-order valence-corrected chi connectivity index (χ3v) is 5.14. The highest BCUT2D eigenvalue weighted by atomic mass is 35.5. The molecule has 6 nitrogen and oxygen atoms in total. The molecule has 0 aliphatic carbocycles. The van der Waals surface area contributed by atoms with Gasteiger partial charge in [0.25, 0.3) is 11.8 Å². The number of hydrogen-bond donors (Lipinski definition) is 1. The molecule has 2 aromatic carbocycles. The quantitative estimate of drug-likeness (QED) is 0.536. The van der Waals surface area contributed by atoms with E-state index in [0.717, 1.165) is 10.9 Å². The molecule has 28 heavy (non-hydrogen) atoms. The molecule has 5 rings (SSSR count). The topological polar surface area (TPSA) is 79.0 Å². The van der Waals surface area contributed by atoms with E-state index in [1.165, 1.54) is 4.90 Å². The molecule has 1 aliphatic rings. The first-order valence-electron chi connectivity index (χ1n) is 8.65. The Kier molecular flexibility index (Phi) is 3.74. The summed E-state index contributed by atoms with van der Waals surface area (Å²) in [7, 11) is 0. The van der Waals surface area contributed by atoms with Crippen LogP contribution in [0.3, 0.4) is 0 Å². The Morgan fingerprint density at radius 1 is 1.00 bits per heavy atom. The fourth-order valence-electron chi connectivity index (χ4n) is 3.50. The van der Waals surface area contributed by atoms with Crippen molar-refractivity contribution in [2.75, 3.05) is 0 Å². The number of para-hydroxylation sites is 1. The molecule has 7 heteroatoms. The second-order valence-corrected chi connectivity index (χ2v) is 6.92. The molecule has 1 aliphatic heterocycles. The minimum absolute atomic E-state index is 0.107. The average Bonchev–Trinajstić information content (AvgIpc) is 3.32. The Morgan fingerprint density at radius 3 is 2.43 bits per heavy atom. The zero-order chi connectivity index (χ0) is 19.3. The number of pyridine rings is 1. The number of imidazole rings is 1. The van der Waals surface area contributed by atoms with Gasteiger partial charge in [-0.3, -0.25) is 14.5 Å². The van der Waals surface area contributed by atoms with Crippen molar-refractivity contribution in [3.05, 3.63) is 82.8 Å². The Bertz CT molecular complexity index is 1220. The number of halogens is 1. The first-order valence-corrected chi connectivity index (χ1v) is 9.03. The Hall–Kier alpha value is -3.51. The third kappa shape index (κ3) is 2.50. The number of nitrogens with one attached hydrogen (secondary N) is 1. The number of aromatic amines is 1. The first kappa shape index (κ1) is 16.6. The van der Waals surface area contributed by atoms with Crippen molar-refractivity contribution in [3.63, 3.8) is 0 Å². The smallest absolute Gasteiger partial charge is 0.261 e. The van der Waals surface area contributed by atoms with Crippen LogP contribution >= 0.6 is 11.6 Å². The summed E-state index contributed by atoms with van der Waals surface area (Å²) in [6, 6.07) is 14.3. The van der Waals surface area contributed by atoms with Crippen LogP contribution in [-0.2, 0) is 6.54 Å². The van der Waals surface area contributed by atoms with Gasteiger partial charge in [-0.2, -0.15) is 0 Å². The Labute approximate surface area is 164 Å². The van der Waals surface area contributed by atoms with Gasteiger partial charge in [0.2, 0.25) is 0 Å². The zero-order valence-corrected chi connectivity index (χ0v) is 15.3. The van der Waals surface area contributed by atoms with E-state index in [0.29, 0.717) is 33.1 Å². The number of hydrogen-bond acceptors (Lipinski definition) is 4. The highest BCUT2D eigenvalue weighted by molar-refractivity contribution is 6.35. The molecule has 0 radical (unpaired) electrons. The fraction of sp³-hybridized carbons (Fsp3) is 0.0476. The average molecular weight is 389 g/mol. The normalized spacial score (nSPS) is 13.4. The summed E-state index contributed by atoms with van der Waals surface area (Å²) in [4.78, 5) is 38.6. The van der Waals surface area contributed by atoms with E-state index in [9.17, 15) is 9.59 Å². The lowest BCUT2D eigenvalue weighted by molar-refractivity contribution is 0.0642. The van der Waals surface area contributed by atoms with E-state index in [-0.39, 0.29) is 18.4 Å². The van der Waals surface area contributed by atoms with Crippen LogP contribution in [0.4, 0.5) is 0 Å². The van der Waals surface area contributed by atoms with Crippen LogP contribution in [-0.4, -0.2) is 31.7 Å². The van der Waals surface area contributed by atoms with Gasteiger partial charge in [-0.1, -0.05) is 35.9 Å². The van der Waals surface area contributed by atoms with Crippen LogP contribution in [0, 0.1) is 0 Å². The number of carbonyl (C=O) groups is 2. The molecule has 0 fully saturated rings. The maximum absolute atomic E-state index is 12.8. The summed E-state index contributed by atoms with van der Waals surface area (Å²) in [5.41, 5.74) is 3.52. The summed E-state index contributed by atoms with van der Waals surface area (Å²) < 4.78 is 0. The van der Waals surface area contributed by atoms with Gasteiger partial charge in [0.05, 0.1) is 52.1 Å². The number of H-pyrrole nitrogens is 1. The summed E-state index contributed by atoms with van der Waals surface area (Å²) in [6.45, 7) is 0.107. The summed E-state index contributed by atoms with van der Waals surface area (Å²) >= 11 is 6.31. The second-order valence-electron chi connectivity index (χ2n) is 6.51. The summed E-state index contributed by atoms with van der Waals surface area (Å²) in [5, 5.41) is 1.37. The van der Waals surface area contributed by atoms with Gasteiger partial charge in [-0.25, -0.2) is 9.97 Å². The molecule has 2 aromatic heterocycles. The number of amides is 2. The Balaban J connectivity index is 1.64. The monoisotopic (exact) mass is 388 g/mol. The molecule has 2 amide bonds. The third-order valence-electron chi connectivity index (χ3n) is 4.84. The van der Waals surface area contributed by atoms with Crippen molar-refractivity contribution in [3.8, 4) is 11.4 Å². The predicted molar refractivity (Wildman–Crippen MR) is 105 cm³/mol. The molecule has 0 saturated carbocycles. The number of nitrogens with zero attached hydrogens (tertiary/aromatic N) is 3. The van der Waals surface area contributed by atoms with Crippen LogP contribution < -0.4 is 0 Å². The van der Waals surface area contributed by atoms with Gasteiger partial charge in [0.1, 0.15) is 0 Å². The molecule has 0 bridgehead atoms. The minimum Gasteiger partial charge on any atom is -0.343 e. The molecule has 136 valence electrons. The largest absolute Gasteiger partial charge is 0.343 e. The van der Waals surface area contributed by atoms with E-state index < -0.39 is 0 Å². The Morgan fingerprint density at radius 2 is 1.75 bits per heavy atom. The number of carbonyl (C=O) groups excluding carboxylic acids is 2. The van der Waals surface area contributed by atoms with E-state index in [1.54, 1.807) is 42.9 Å². The standard InChI is InChI=1S/C21H13ClN4O2/c22-16-7-3-4-12-8-13(19(25-18(12)16)17-9-23-11-24-17)10-26-20(27)14-5-1-2-6-15(14)21(26)28/h1-9,11H,10H2,(H,23,24). The number of benzene rings is 2. The fourth-order valence-corrected chi connectivity index (χ4v) is 3.72. The highest BCUT2D eigenvalue weighted by Gasteiger charge is 2.35. The maximum Gasteiger partial charge on any atom is 0.261 e. The van der Waals surface area contributed by atoms with Crippen molar-refractivity contribution in [1.29, 1.82) is 0 Å². The van der Waals surface area contributed by atoms with Crippen molar-refractivity contribution < 1.29 is 9.59 Å². The number of rotatable bonds is 3. The van der Waals surface area contributed by atoms with Crippen LogP contribution in [0.15, 0.2) is 61.1 Å². The van der Waals surface area contributed by atoms with E-state index >= 15 is 0 Å². The molecular formula is C21H13ClN4O2. The molecule has 0 saturated heterocycles. The van der Waals surface area contributed by atoms with Gasteiger partial charge >= 0.3 is 0 Å². The van der Waals surface area contributed by atoms with E-state index in [2.05, 4.69) is 9.97 Å². The lowest BCUT2D eigenvalue weighted by atomic mass is 10.1. The second kappa shape index (κ2) is 6.28. The molecule has 1 N–H and O–H groups in total. The summed E-state index contributed by atoms with van der Waals surface area (Å²) in [6.07, 6.45) is 3.20. The summed E-state index contributed by atoms with van der Waals surface area (Å²) in [5.74, 6) is -0.607. The van der Waals surface area contributed by atoms with Crippen molar-refractivity contribution in [1.82, 2.24) is 19.9 Å². The lowest BCUT2D eigenvalue weighted by Gasteiger charge is -2.17. The van der Waals surface area contributed by atoms with Gasteiger partial charge in [0, 0.05) is 10.9 Å². The highest BCUT2D eigenvalue weighted by Crippen LogP contribution is 2.31. The zero-order valence-electron chi connectivity index (χ0n) is 14.5. The van der Waals surface area contributed by atoms with Crippen molar-refractivity contribution in [2.24, 2.45) is 0 Å². The van der Waals surface area contributed by atoms with Crippen molar-refractivity contribution >= 4 is 34.3 Å². The number of aromatic nitrogens is 3. The van der Waals surface area contributed by atoms with Gasteiger partial charge in [0.15, 0.2) is 0 Å². The lowest BCUT2D eigenvalue weighted by Crippen LogP contribution is -2.29. The van der Waals surface area contributed by atoms with Crippen LogP contribution in [0.1, 0.15) is 26.3 Å². The molecule has 0 spiro atoms. The van der Waals surface area contributed by atoms with Crippen LogP contribution in [0.5, 0.6) is 0 Å². The van der Waals surface area contributed by atoms with Gasteiger partial charge in [-0.05, 0) is 24.3 Å².